The number of carbonyl (C=O) groups excluding carboxylic acids is 1. The van der Waals surface area contributed by atoms with E-state index in [1.807, 2.05) is 0 Å². The van der Waals surface area contributed by atoms with Gasteiger partial charge in [0.2, 0.25) is 5.91 Å². The number of amides is 1. The second kappa shape index (κ2) is 4.47. The molecule has 5 fully saturated rings. The van der Waals surface area contributed by atoms with Crippen molar-refractivity contribution < 1.29 is 4.79 Å². The van der Waals surface area contributed by atoms with Gasteiger partial charge in [-0.2, -0.15) is 0 Å². The molecule has 19 heavy (non-hydrogen) atoms. The van der Waals surface area contributed by atoms with Gasteiger partial charge in [0.05, 0.1) is 6.54 Å². The van der Waals surface area contributed by atoms with E-state index < -0.39 is 0 Å². The minimum Gasteiger partial charge on any atom is -0.338 e. The Kier molecular flexibility index (Phi) is 2.87. The Morgan fingerprint density at radius 1 is 1.05 bits per heavy atom. The van der Waals surface area contributed by atoms with E-state index in [1.54, 1.807) is 0 Å². The first-order valence-electron chi connectivity index (χ1n) is 8.25. The lowest BCUT2D eigenvalue weighted by atomic mass is 9.50. The fourth-order valence-corrected chi connectivity index (χ4v) is 6.22. The molecule has 3 nitrogen and oxygen atoms in total. The summed E-state index contributed by atoms with van der Waals surface area (Å²) in [7, 11) is 0. The van der Waals surface area contributed by atoms with Crippen molar-refractivity contribution in [2.24, 2.45) is 35.3 Å². The molecular weight excluding hydrogens is 236 g/mol. The largest absolute Gasteiger partial charge is 0.338 e. The summed E-state index contributed by atoms with van der Waals surface area (Å²) in [5.41, 5.74) is 5.60. The summed E-state index contributed by atoms with van der Waals surface area (Å²) in [6.07, 6.45) is 9.77. The highest BCUT2D eigenvalue weighted by atomic mass is 16.2. The molecule has 0 aromatic rings. The summed E-state index contributed by atoms with van der Waals surface area (Å²) in [6.45, 7) is 1.16. The van der Waals surface area contributed by atoms with E-state index in [1.165, 1.54) is 44.9 Å². The van der Waals surface area contributed by atoms with Crippen molar-refractivity contribution in [3.8, 4) is 0 Å². The fraction of sp³-hybridized carbons (Fsp3) is 0.938. The molecule has 1 atom stereocenters. The number of nitrogens with zero attached hydrogens (tertiary/aromatic N) is 1. The molecule has 5 rings (SSSR count). The summed E-state index contributed by atoms with van der Waals surface area (Å²) < 4.78 is 0. The molecule has 106 valence electrons. The van der Waals surface area contributed by atoms with Crippen LogP contribution < -0.4 is 5.73 Å². The smallest absolute Gasteiger partial charge is 0.236 e. The number of hydrogen-bond acceptors (Lipinski definition) is 2. The van der Waals surface area contributed by atoms with Crippen LogP contribution in [-0.2, 0) is 4.79 Å². The van der Waals surface area contributed by atoms with Gasteiger partial charge in [-0.05, 0) is 74.5 Å². The zero-order valence-electron chi connectivity index (χ0n) is 11.8. The Morgan fingerprint density at radius 3 is 2.26 bits per heavy atom. The third-order valence-electron chi connectivity index (χ3n) is 6.54. The van der Waals surface area contributed by atoms with E-state index in [0.29, 0.717) is 6.04 Å². The van der Waals surface area contributed by atoms with Crippen molar-refractivity contribution in [2.75, 3.05) is 13.1 Å². The van der Waals surface area contributed by atoms with Gasteiger partial charge in [0.1, 0.15) is 0 Å². The first-order chi connectivity index (χ1) is 9.26. The molecule has 1 aliphatic heterocycles. The van der Waals surface area contributed by atoms with Crippen molar-refractivity contribution in [1.82, 2.24) is 4.90 Å². The molecule has 1 unspecified atom stereocenters. The van der Waals surface area contributed by atoms with Gasteiger partial charge in [0.25, 0.3) is 0 Å². The van der Waals surface area contributed by atoms with Crippen LogP contribution in [0.1, 0.15) is 44.9 Å². The molecule has 1 heterocycles. The van der Waals surface area contributed by atoms with Crippen molar-refractivity contribution in [2.45, 2.75) is 51.0 Å². The van der Waals surface area contributed by atoms with E-state index in [0.717, 1.165) is 36.1 Å². The van der Waals surface area contributed by atoms with Crippen molar-refractivity contribution >= 4 is 5.91 Å². The topological polar surface area (TPSA) is 46.3 Å². The van der Waals surface area contributed by atoms with Crippen LogP contribution in [0.4, 0.5) is 0 Å². The Balaban J connectivity index is 1.57. The predicted octanol–water partition coefficient (Wildman–Crippen LogP) is 2.01. The first kappa shape index (κ1) is 12.2. The maximum absolute atomic E-state index is 12.1. The zero-order chi connectivity index (χ0) is 13.0. The van der Waals surface area contributed by atoms with Gasteiger partial charge in [0.15, 0.2) is 0 Å². The molecular formula is C16H26N2O. The SMILES string of the molecule is NCC(=O)N1CCCC1C1C2CC3CC(C2)CC1C3. The van der Waals surface area contributed by atoms with E-state index in [4.69, 9.17) is 5.73 Å². The number of hydrogen-bond donors (Lipinski definition) is 1. The van der Waals surface area contributed by atoms with Crippen LogP contribution in [0, 0.1) is 29.6 Å². The maximum Gasteiger partial charge on any atom is 0.236 e. The van der Waals surface area contributed by atoms with Gasteiger partial charge in [-0.25, -0.2) is 0 Å². The second-order valence-corrected chi connectivity index (χ2v) is 7.51. The van der Waals surface area contributed by atoms with Gasteiger partial charge >= 0.3 is 0 Å². The quantitative estimate of drug-likeness (QED) is 0.827. The lowest BCUT2D eigenvalue weighted by molar-refractivity contribution is -0.135. The second-order valence-electron chi connectivity index (χ2n) is 7.51. The summed E-state index contributed by atoms with van der Waals surface area (Å²) in [5.74, 6) is 4.90. The Bertz CT molecular complexity index is 353. The van der Waals surface area contributed by atoms with Gasteiger partial charge in [-0.15, -0.1) is 0 Å². The summed E-state index contributed by atoms with van der Waals surface area (Å²) in [6, 6.07) is 0.533. The Morgan fingerprint density at radius 2 is 1.68 bits per heavy atom. The van der Waals surface area contributed by atoms with E-state index in [9.17, 15) is 4.79 Å². The van der Waals surface area contributed by atoms with Crippen LogP contribution >= 0.6 is 0 Å². The molecule has 4 bridgehead atoms. The number of carbonyl (C=O) groups is 1. The van der Waals surface area contributed by atoms with Crippen molar-refractivity contribution in [3.05, 3.63) is 0 Å². The molecule has 5 aliphatic rings. The Labute approximate surface area is 115 Å². The molecule has 4 aliphatic carbocycles. The standard InChI is InChI=1S/C16H26N2O/c17-9-15(19)18-3-1-2-14(18)16-12-5-10-4-11(7-12)8-13(16)6-10/h10-14,16H,1-9,17H2. The average molecular weight is 262 g/mol. The number of likely N-dealkylation sites (tertiary alicyclic amines) is 1. The van der Waals surface area contributed by atoms with Crippen LogP contribution in [0.5, 0.6) is 0 Å². The minimum absolute atomic E-state index is 0.191. The summed E-state index contributed by atoms with van der Waals surface area (Å²) >= 11 is 0. The Hall–Kier alpha value is -0.570. The highest BCUT2D eigenvalue weighted by molar-refractivity contribution is 5.78. The van der Waals surface area contributed by atoms with Crippen LogP contribution in [0.3, 0.4) is 0 Å². The molecule has 1 saturated heterocycles. The number of nitrogens with two attached hydrogens (primary N) is 1. The molecule has 2 N–H and O–H groups in total. The molecule has 0 radical (unpaired) electrons. The lowest BCUT2D eigenvalue weighted by Crippen LogP contribution is -2.54. The van der Waals surface area contributed by atoms with Crippen LogP contribution in [-0.4, -0.2) is 29.9 Å². The lowest BCUT2D eigenvalue weighted by Gasteiger charge is -2.57. The average Bonchev–Trinajstić information content (AvgIpc) is 2.85. The monoisotopic (exact) mass is 262 g/mol. The predicted molar refractivity (Wildman–Crippen MR) is 74.3 cm³/mol. The fourth-order valence-electron chi connectivity index (χ4n) is 6.22. The maximum atomic E-state index is 12.1. The van der Waals surface area contributed by atoms with E-state index in [2.05, 4.69) is 4.90 Å². The van der Waals surface area contributed by atoms with E-state index >= 15 is 0 Å². The minimum atomic E-state index is 0.191. The summed E-state index contributed by atoms with van der Waals surface area (Å²) in [5, 5.41) is 0. The van der Waals surface area contributed by atoms with Crippen LogP contribution in [0.25, 0.3) is 0 Å². The molecule has 4 saturated carbocycles. The van der Waals surface area contributed by atoms with Crippen molar-refractivity contribution in [1.29, 1.82) is 0 Å². The van der Waals surface area contributed by atoms with E-state index in [-0.39, 0.29) is 12.5 Å². The third kappa shape index (κ3) is 1.84. The van der Waals surface area contributed by atoms with Crippen LogP contribution in [0.15, 0.2) is 0 Å². The van der Waals surface area contributed by atoms with Crippen molar-refractivity contribution in [3.63, 3.8) is 0 Å². The highest BCUT2D eigenvalue weighted by Crippen LogP contribution is 2.58. The zero-order valence-corrected chi connectivity index (χ0v) is 11.8. The molecule has 0 aromatic heterocycles. The van der Waals surface area contributed by atoms with Gasteiger partial charge in [-0.1, -0.05) is 0 Å². The van der Waals surface area contributed by atoms with Crippen LogP contribution in [0.2, 0.25) is 0 Å². The van der Waals surface area contributed by atoms with Gasteiger partial charge < -0.3 is 10.6 Å². The molecule has 3 heteroatoms. The molecule has 0 spiro atoms. The molecule has 0 aromatic carbocycles. The molecule has 1 amide bonds. The third-order valence-corrected chi connectivity index (χ3v) is 6.54. The number of rotatable bonds is 2. The first-order valence-corrected chi connectivity index (χ1v) is 8.25. The highest BCUT2D eigenvalue weighted by Gasteiger charge is 2.52. The summed E-state index contributed by atoms with van der Waals surface area (Å²) in [4.78, 5) is 14.2. The van der Waals surface area contributed by atoms with Gasteiger partial charge in [0, 0.05) is 12.6 Å². The van der Waals surface area contributed by atoms with Gasteiger partial charge in [-0.3, -0.25) is 4.79 Å². The normalized spacial score (nSPS) is 47.9.